The van der Waals surface area contributed by atoms with Gasteiger partial charge in [0.05, 0.1) is 6.10 Å². The van der Waals surface area contributed by atoms with Crippen LogP contribution in [0.25, 0.3) is 0 Å². The van der Waals surface area contributed by atoms with E-state index in [-0.39, 0.29) is 29.9 Å². The van der Waals surface area contributed by atoms with Gasteiger partial charge in [0.25, 0.3) is 0 Å². The van der Waals surface area contributed by atoms with Crippen molar-refractivity contribution in [1.82, 2.24) is 0 Å². The zero-order valence-corrected chi connectivity index (χ0v) is 11.9. The molecular weight excluding hydrogens is 277 g/mol. The predicted octanol–water partition coefficient (Wildman–Crippen LogP) is 5.07. The number of ether oxygens (including phenoxy) is 1. The lowest BCUT2D eigenvalue weighted by Gasteiger charge is -2.53. The second kappa shape index (κ2) is 6.21. The summed E-state index contributed by atoms with van der Waals surface area (Å²) in [6.45, 7) is 0.204. The Morgan fingerprint density at radius 3 is 2.26 bits per heavy atom. The molecule has 2 fully saturated rings. The molecule has 2 unspecified atom stereocenters. The lowest BCUT2D eigenvalue weighted by molar-refractivity contribution is -0.148. The fourth-order valence-corrected chi connectivity index (χ4v) is 3.97. The van der Waals surface area contributed by atoms with Crippen molar-refractivity contribution >= 4 is 11.6 Å². The molecule has 0 aliphatic heterocycles. The van der Waals surface area contributed by atoms with Gasteiger partial charge in [-0.1, -0.05) is 25.7 Å². The molecule has 19 heavy (non-hydrogen) atoms. The molecule has 0 aromatic heterocycles. The van der Waals surface area contributed by atoms with Gasteiger partial charge in [0.15, 0.2) is 0 Å². The Morgan fingerprint density at radius 1 is 1.11 bits per heavy atom. The topological polar surface area (TPSA) is 9.23 Å². The number of hydrogen-bond acceptors (Lipinski definition) is 1. The van der Waals surface area contributed by atoms with Crippen molar-refractivity contribution in [3.05, 3.63) is 0 Å². The largest absolute Gasteiger partial charge is 0.389 e. The van der Waals surface area contributed by atoms with Gasteiger partial charge >= 0.3 is 6.18 Å². The van der Waals surface area contributed by atoms with Crippen LogP contribution in [0.3, 0.4) is 0 Å². The zero-order valence-electron chi connectivity index (χ0n) is 11.1. The smallest absolute Gasteiger partial charge is 0.378 e. The molecule has 0 aromatic carbocycles. The minimum atomic E-state index is -4.07. The molecule has 2 aliphatic carbocycles. The molecule has 2 saturated carbocycles. The molecule has 1 nitrogen and oxygen atoms in total. The fourth-order valence-electron chi connectivity index (χ4n) is 3.45. The zero-order chi connectivity index (χ0) is 13.9. The number of hydrogen-bond donors (Lipinski definition) is 0. The fraction of sp³-hybridized carbons (Fsp3) is 1.00. The Morgan fingerprint density at radius 2 is 1.74 bits per heavy atom. The molecule has 0 aromatic rings. The second-order valence-corrected chi connectivity index (χ2v) is 6.46. The van der Waals surface area contributed by atoms with Crippen LogP contribution < -0.4 is 0 Å². The van der Waals surface area contributed by atoms with Crippen LogP contribution in [0.5, 0.6) is 0 Å². The van der Waals surface area contributed by atoms with Gasteiger partial charge in [0.1, 0.15) is 0 Å². The highest BCUT2D eigenvalue weighted by atomic mass is 35.5. The molecule has 112 valence electrons. The molecule has 0 bridgehead atoms. The molecule has 0 amide bonds. The van der Waals surface area contributed by atoms with Gasteiger partial charge in [0.2, 0.25) is 0 Å². The highest BCUT2D eigenvalue weighted by Crippen LogP contribution is 2.55. The van der Waals surface area contributed by atoms with E-state index in [1.165, 1.54) is 25.7 Å². The number of alkyl halides is 4. The lowest BCUT2D eigenvalue weighted by Crippen LogP contribution is -2.55. The summed E-state index contributed by atoms with van der Waals surface area (Å²) in [7, 11) is 0. The van der Waals surface area contributed by atoms with E-state index in [1.54, 1.807) is 0 Å². The number of rotatable bonds is 4. The van der Waals surface area contributed by atoms with Gasteiger partial charge in [-0.25, -0.2) is 0 Å². The summed E-state index contributed by atoms with van der Waals surface area (Å²) in [5, 5.41) is 0.151. The van der Waals surface area contributed by atoms with Crippen LogP contribution in [0, 0.1) is 5.41 Å². The third kappa shape index (κ3) is 3.78. The first-order chi connectivity index (χ1) is 8.94. The Kier molecular flexibility index (Phi) is 5.04. The van der Waals surface area contributed by atoms with Crippen LogP contribution in [0.15, 0.2) is 0 Å². The van der Waals surface area contributed by atoms with Gasteiger partial charge in [-0.15, -0.1) is 11.6 Å². The third-order valence-corrected chi connectivity index (χ3v) is 5.26. The van der Waals surface area contributed by atoms with Crippen molar-refractivity contribution in [3.63, 3.8) is 0 Å². The lowest BCUT2D eigenvalue weighted by atomic mass is 9.61. The minimum Gasteiger partial charge on any atom is -0.378 e. The van der Waals surface area contributed by atoms with E-state index in [2.05, 4.69) is 0 Å². The number of halogens is 4. The summed E-state index contributed by atoms with van der Waals surface area (Å²) in [5.74, 6) is 0. The quantitative estimate of drug-likeness (QED) is 0.520. The van der Waals surface area contributed by atoms with Gasteiger partial charge in [-0.05, 0) is 25.7 Å². The first-order valence-electron chi connectivity index (χ1n) is 7.26. The van der Waals surface area contributed by atoms with Crippen LogP contribution in [-0.4, -0.2) is 24.3 Å². The second-order valence-electron chi connectivity index (χ2n) is 5.93. The molecule has 2 atom stereocenters. The maximum absolute atomic E-state index is 12.1. The predicted molar refractivity (Wildman–Crippen MR) is 69.4 cm³/mol. The molecule has 2 aliphatic rings. The van der Waals surface area contributed by atoms with Crippen molar-refractivity contribution in [3.8, 4) is 0 Å². The van der Waals surface area contributed by atoms with E-state index < -0.39 is 12.6 Å². The summed E-state index contributed by atoms with van der Waals surface area (Å²) in [4.78, 5) is 0. The van der Waals surface area contributed by atoms with E-state index in [4.69, 9.17) is 16.3 Å². The maximum atomic E-state index is 12.1. The van der Waals surface area contributed by atoms with E-state index in [1.807, 2.05) is 0 Å². The van der Waals surface area contributed by atoms with Crippen LogP contribution in [0.2, 0.25) is 0 Å². The highest BCUT2D eigenvalue weighted by Gasteiger charge is 2.54. The van der Waals surface area contributed by atoms with Crippen molar-refractivity contribution in [2.75, 3.05) is 6.61 Å². The van der Waals surface area contributed by atoms with Crippen molar-refractivity contribution in [1.29, 1.82) is 0 Å². The average molecular weight is 299 g/mol. The van der Waals surface area contributed by atoms with E-state index in [0.29, 0.717) is 0 Å². The molecule has 1 spiro atoms. The standard InChI is InChI=1S/C14H22ClF3O/c15-11-10-12(19-9-5-8-14(16,17)18)13(11)6-3-1-2-4-7-13/h11-12H,1-10H2. The highest BCUT2D eigenvalue weighted by molar-refractivity contribution is 6.21. The SMILES string of the molecule is FC(F)(F)CCCOC1CC(Cl)C12CCCCCC2. The molecular formula is C14H22ClF3O. The average Bonchev–Trinajstić information content (AvgIpc) is 2.59. The van der Waals surface area contributed by atoms with Gasteiger partial charge in [-0.2, -0.15) is 13.2 Å². The van der Waals surface area contributed by atoms with E-state index >= 15 is 0 Å². The van der Waals surface area contributed by atoms with Crippen molar-refractivity contribution < 1.29 is 17.9 Å². The van der Waals surface area contributed by atoms with Crippen LogP contribution in [0.1, 0.15) is 57.8 Å². The molecule has 0 N–H and O–H groups in total. The normalized spacial score (nSPS) is 30.9. The summed E-state index contributed by atoms with van der Waals surface area (Å²) in [6.07, 6.45) is 3.10. The summed E-state index contributed by atoms with van der Waals surface area (Å²) in [5.41, 5.74) is 0.0519. The first-order valence-corrected chi connectivity index (χ1v) is 7.70. The Bertz CT molecular complexity index is 285. The Balaban J connectivity index is 1.77. The third-order valence-electron chi connectivity index (χ3n) is 4.64. The summed E-state index contributed by atoms with van der Waals surface area (Å²) >= 11 is 6.38. The summed E-state index contributed by atoms with van der Waals surface area (Å²) in [6, 6.07) is 0. The van der Waals surface area contributed by atoms with Crippen molar-refractivity contribution in [2.45, 2.75) is 75.4 Å². The van der Waals surface area contributed by atoms with Crippen molar-refractivity contribution in [2.24, 2.45) is 5.41 Å². The van der Waals surface area contributed by atoms with Crippen LogP contribution >= 0.6 is 11.6 Å². The van der Waals surface area contributed by atoms with E-state index in [0.717, 1.165) is 19.3 Å². The summed E-state index contributed by atoms with van der Waals surface area (Å²) < 4.78 is 41.9. The maximum Gasteiger partial charge on any atom is 0.389 e. The molecule has 0 heterocycles. The van der Waals surface area contributed by atoms with E-state index in [9.17, 15) is 13.2 Å². The van der Waals surface area contributed by atoms with Crippen LogP contribution in [0.4, 0.5) is 13.2 Å². The molecule has 0 radical (unpaired) electrons. The van der Waals surface area contributed by atoms with Gasteiger partial charge < -0.3 is 4.74 Å². The molecule has 5 heteroatoms. The Hall–Kier alpha value is 0.0400. The minimum absolute atomic E-state index is 0.0519. The van der Waals surface area contributed by atoms with Gasteiger partial charge in [-0.3, -0.25) is 0 Å². The first kappa shape index (κ1) is 15.4. The Labute approximate surface area is 117 Å². The molecule has 2 rings (SSSR count). The monoisotopic (exact) mass is 298 g/mol. The van der Waals surface area contributed by atoms with Crippen LogP contribution in [-0.2, 0) is 4.74 Å². The molecule has 0 saturated heterocycles. The van der Waals surface area contributed by atoms with Gasteiger partial charge in [0, 0.05) is 23.8 Å².